The minimum absolute atomic E-state index is 0.0287. The van der Waals surface area contributed by atoms with Crippen LogP contribution in [0, 0.1) is 5.92 Å². The van der Waals surface area contributed by atoms with Gasteiger partial charge in [-0.05, 0) is 29.7 Å². The fraction of sp³-hybridized carbons (Fsp3) is 0.294. The number of amides is 1. The zero-order valence-electron chi connectivity index (χ0n) is 12.0. The number of rotatable bonds is 4. The SMILES string of the molecule is CC(NC(=O)C1CNC1)c1ccc(-c2cccnc2)cc1. The maximum absolute atomic E-state index is 11.9. The van der Waals surface area contributed by atoms with Gasteiger partial charge in [-0.1, -0.05) is 30.3 Å². The molecular formula is C17H19N3O. The highest BCUT2D eigenvalue weighted by molar-refractivity contribution is 5.80. The van der Waals surface area contributed by atoms with E-state index < -0.39 is 0 Å². The maximum Gasteiger partial charge on any atom is 0.226 e. The van der Waals surface area contributed by atoms with Gasteiger partial charge in [0.15, 0.2) is 0 Å². The summed E-state index contributed by atoms with van der Waals surface area (Å²) in [6.45, 7) is 3.60. The number of pyridine rings is 1. The third kappa shape index (κ3) is 3.11. The summed E-state index contributed by atoms with van der Waals surface area (Å²) < 4.78 is 0. The van der Waals surface area contributed by atoms with E-state index in [4.69, 9.17) is 0 Å². The molecule has 0 aliphatic carbocycles. The van der Waals surface area contributed by atoms with Gasteiger partial charge in [0.05, 0.1) is 12.0 Å². The molecule has 3 rings (SSSR count). The molecule has 1 amide bonds. The van der Waals surface area contributed by atoms with Gasteiger partial charge < -0.3 is 10.6 Å². The minimum atomic E-state index is 0.0287. The van der Waals surface area contributed by atoms with Crippen molar-refractivity contribution in [2.45, 2.75) is 13.0 Å². The first kappa shape index (κ1) is 13.8. The Morgan fingerprint density at radius 1 is 1.24 bits per heavy atom. The molecule has 0 radical (unpaired) electrons. The van der Waals surface area contributed by atoms with Crippen molar-refractivity contribution in [1.82, 2.24) is 15.6 Å². The highest BCUT2D eigenvalue weighted by Crippen LogP contribution is 2.21. The van der Waals surface area contributed by atoms with Crippen LogP contribution >= 0.6 is 0 Å². The summed E-state index contributed by atoms with van der Waals surface area (Å²) in [5.41, 5.74) is 3.35. The Morgan fingerprint density at radius 3 is 2.57 bits per heavy atom. The van der Waals surface area contributed by atoms with E-state index in [-0.39, 0.29) is 17.9 Å². The van der Waals surface area contributed by atoms with Gasteiger partial charge in [0.2, 0.25) is 5.91 Å². The fourth-order valence-electron chi connectivity index (χ4n) is 2.39. The molecule has 4 heteroatoms. The summed E-state index contributed by atoms with van der Waals surface area (Å²) in [5.74, 6) is 0.264. The third-order valence-corrected chi connectivity index (χ3v) is 3.92. The van der Waals surface area contributed by atoms with Gasteiger partial charge in [-0.25, -0.2) is 0 Å². The van der Waals surface area contributed by atoms with Gasteiger partial charge in [0, 0.05) is 25.5 Å². The van der Waals surface area contributed by atoms with E-state index in [1.165, 1.54) is 0 Å². The average molecular weight is 281 g/mol. The van der Waals surface area contributed by atoms with Gasteiger partial charge in [-0.15, -0.1) is 0 Å². The lowest BCUT2D eigenvalue weighted by molar-refractivity contribution is -0.127. The minimum Gasteiger partial charge on any atom is -0.349 e. The second-order valence-corrected chi connectivity index (χ2v) is 5.45. The summed E-state index contributed by atoms with van der Waals surface area (Å²) in [7, 11) is 0. The predicted octanol–water partition coefficient (Wildman–Crippen LogP) is 2.15. The van der Waals surface area contributed by atoms with E-state index in [0.717, 1.165) is 29.8 Å². The maximum atomic E-state index is 11.9. The molecule has 1 aliphatic heterocycles. The van der Waals surface area contributed by atoms with E-state index in [0.29, 0.717) is 0 Å². The van der Waals surface area contributed by atoms with Crippen LogP contribution in [0.1, 0.15) is 18.5 Å². The quantitative estimate of drug-likeness (QED) is 0.903. The molecule has 1 fully saturated rings. The first-order valence-corrected chi connectivity index (χ1v) is 7.25. The molecule has 0 spiro atoms. The van der Waals surface area contributed by atoms with Crippen molar-refractivity contribution in [3.63, 3.8) is 0 Å². The lowest BCUT2D eigenvalue weighted by Crippen LogP contribution is -2.51. The molecule has 2 N–H and O–H groups in total. The monoisotopic (exact) mass is 281 g/mol. The Kier molecular flexibility index (Phi) is 3.97. The molecule has 1 atom stereocenters. The Bertz CT molecular complexity index is 606. The molecule has 21 heavy (non-hydrogen) atoms. The highest BCUT2D eigenvalue weighted by atomic mass is 16.2. The van der Waals surface area contributed by atoms with Gasteiger partial charge in [-0.3, -0.25) is 9.78 Å². The number of aromatic nitrogens is 1. The van der Waals surface area contributed by atoms with Gasteiger partial charge >= 0.3 is 0 Å². The highest BCUT2D eigenvalue weighted by Gasteiger charge is 2.25. The predicted molar refractivity (Wildman–Crippen MR) is 82.6 cm³/mol. The van der Waals surface area contributed by atoms with Crippen LogP contribution in [0.2, 0.25) is 0 Å². The van der Waals surface area contributed by atoms with Crippen LogP contribution < -0.4 is 10.6 Å². The molecule has 1 unspecified atom stereocenters. The molecule has 2 aromatic rings. The fourth-order valence-corrected chi connectivity index (χ4v) is 2.39. The topological polar surface area (TPSA) is 54.0 Å². The normalized spacial score (nSPS) is 16.0. The smallest absolute Gasteiger partial charge is 0.226 e. The van der Waals surface area contributed by atoms with Crippen molar-refractivity contribution in [3.8, 4) is 11.1 Å². The first-order chi connectivity index (χ1) is 10.2. The van der Waals surface area contributed by atoms with E-state index in [1.54, 1.807) is 6.20 Å². The van der Waals surface area contributed by atoms with Crippen LogP contribution in [-0.2, 0) is 4.79 Å². The van der Waals surface area contributed by atoms with Crippen LogP contribution in [0.5, 0.6) is 0 Å². The Hall–Kier alpha value is -2.20. The standard InChI is InChI=1S/C17H19N3O/c1-12(20-17(21)16-10-19-11-16)13-4-6-14(7-5-13)15-3-2-8-18-9-15/h2-9,12,16,19H,10-11H2,1H3,(H,20,21). The van der Waals surface area contributed by atoms with Crippen LogP contribution in [0.15, 0.2) is 48.8 Å². The molecular weight excluding hydrogens is 262 g/mol. The number of carbonyl (C=O) groups excluding carboxylic acids is 1. The number of benzene rings is 1. The lowest BCUT2D eigenvalue weighted by atomic mass is 10.00. The van der Waals surface area contributed by atoms with Crippen LogP contribution in [0.3, 0.4) is 0 Å². The van der Waals surface area contributed by atoms with E-state index >= 15 is 0 Å². The molecule has 1 saturated heterocycles. The lowest BCUT2D eigenvalue weighted by Gasteiger charge is -2.27. The van der Waals surface area contributed by atoms with Crippen molar-refractivity contribution in [2.75, 3.05) is 13.1 Å². The van der Waals surface area contributed by atoms with Gasteiger partial charge in [-0.2, -0.15) is 0 Å². The van der Waals surface area contributed by atoms with E-state index in [9.17, 15) is 4.79 Å². The molecule has 2 heterocycles. The summed E-state index contributed by atoms with van der Waals surface area (Å²) in [5, 5.41) is 6.18. The third-order valence-electron chi connectivity index (χ3n) is 3.92. The molecule has 1 aliphatic rings. The average Bonchev–Trinajstić information content (AvgIpc) is 2.46. The molecule has 4 nitrogen and oxygen atoms in total. The Labute approximate surface area is 124 Å². The zero-order chi connectivity index (χ0) is 14.7. The number of nitrogens with one attached hydrogen (secondary N) is 2. The van der Waals surface area contributed by atoms with E-state index in [2.05, 4.69) is 39.9 Å². The van der Waals surface area contributed by atoms with Crippen LogP contribution in [-0.4, -0.2) is 24.0 Å². The van der Waals surface area contributed by atoms with Crippen molar-refractivity contribution >= 4 is 5.91 Å². The number of hydrogen-bond donors (Lipinski definition) is 2. The van der Waals surface area contributed by atoms with Crippen LogP contribution in [0.25, 0.3) is 11.1 Å². The van der Waals surface area contributed by atoms with Crippen molar-refractivity contribution in [1.29, 1.82) is 0 Å². The first-order valence-electron chi connectivity index (χ1n) is 7.25. The molecule has 1 aromatic heterocycles. The van der Waals surface area contributed by atoms with E-state index in [1.807, 2.05) is 25.3 Å². The Morgan fingerprint density at radius 2 is 2.00 bits per heavy atom. The summed E-state index contributed by atoms with van der Waals surface area (Å²) in [6, 6.07) is 12.3. The van der Waals surface area contributed by atoms with Gasteiger partial charge in [0.1, 0.15) is 0 Å². The number of nitrogens with zero attached hydrogens (tertiary/aromatic N) is 1. The van der Waals surface area contributed by atoms with Gasteiger partial charge in [0.25, 0.3) is 0 Å². The van der Waals surface area contributed by atoms with Crippen molar-refractivity contribution in [3.05, 3.63) is 54.4 Å². The molecule has 0 saturated carbocycles. The van der Waals surface area contributed by atoms with Crippen LogP contribution in [0.4, 0.5) is 0 Å². The second kappa shape index (κ2) is 6.06. The number of carbonyl (C=O) groups is 1. The molecule has 108 valence electrons. The second-order valence-electron chi connectivity index (χ2n) is 5.45. The summed E-state index contributed by atoms with van der Waals surface area (Å²) in [4.78, 5) is 16.1. The Balaban J connectivity index is 1.67. The zero-order valence-corrected chi connectivity index (χ0v) is 12.0. The van der Waals surface area contributed by atoms with Crippen molar-refractivity contribution < 1.29 is 4.79 Å². The summed E-state index contributed by atoms with van der Waals surface area (Å²) in [6.07, 6.45) is 3.62. The molecule has 1 aromatic carbocycles. The number of hydrogen-bond acceptors (Lipinski definition) is 3. The summed E-state index contributed by atoms with van der Waals surface area (Å²) >= 11 is 0. The molecule has 0 bridgehead atoms. The van der Waals surface area contributed by atoms with Crippen molar-refractivity contribution in [2.24, 2.45) is 5.92 Å². The largest absolute Gasteiger partial charge is 0.349 e.